The molecule has 1 heterocycles. The van der Waals surface area contributed by atoms with Gasteiger partial charge in [-0.25, -0.2) is 4.98 Å². The van der Waals surface area contributed by atoms with Crippen LogP contribution >= 0.6 is 0 Å². The van der Waals surface area contributed by atoms with E-state index in [1.54, 1.807) is 18.2 Å². The molecule has 24 heavy (non-hydrogen) atoms. The van der Waals surface area contributed by atoms with Gasteiger partial charge >= 0.3 is 0 Å². The number of nitrogen functional groups attached to an aromatic ring is 1. The number of rotatable bonds is 2. The lowest BCUT2D eigenvalue weighted by molar-refractivity contribution is 0.102. The van der Waals surface area contributed by atoms with Crippen molar-refractivity contribution in [1.82, 2.24) is 4.98 Å². The Morgan fingerprint density at radius 2 is 1.92 bits per heavy atom. The number of fused-ring (bicyclic) bond motifs is 1. The minimum Gasteiger partial charge on any atom is -0.440 e. The molecule has 3 aromatic rings. The van der Waals surface area contributed by atoms with E-state index >= 15 is 0 Å². The fourth-order valence-electron chi connectivity index (χ4n) is 2.41. The molecule has 2 aromatic carbocycles. The summed E-state index contributed by atoms with van der Waals surface area (Å²) in [5.74, 6) is 0.478. The Balaban J connectivity index is 1.90. The maximum absolute atomic E-state index is 12.5. The van der Waals surface area contributed by atoms with Crippen molar-refractivity contribution < 1.29 is 9.21 Å². The summed E-state index contributed by atoms with van der Waals surface area (Å²) < 4.78 is 5.77. The van der Waals surface area contributed by atoms with Crippen LogP contribution in [0.1, 0.15) is 42.6 Å². The molecule has 0 aliphatic rings. The van der Waals surface area contributed by atoms with E-state index in [2.05, 4.69) is 10.3 Å². The molecule has 5 nitrogen and oxygen atoms in total. The number of nitrogens with one attached hydrogen (secondary N) is 1. The molecular formula is C19H21N3O2. The molecule has 5 heteroatoms. The molecule has 0 unspecified atom stereocenters. The number of carbonyl (C=O) groups is 1. The van der Waals surface area contributed by atoms with Crippen LogP contribution in [0.25, 0.3) is 11.1 Å². The molecule has 0 aliphatic heterocycles. The topological polar surface area (TPSA) is 81.2 Å². The first-order chi connectivity index (χ1) is 11.2. The van der Waals surface area contributed by atoms with Crippen molar-refractivity contribution in [2.24, 2.45) is 0 Å². The first kappa shape index (κ1) is 16.1. The second-order valence-electron chi connectivity index (χ2n) is 6.98. The number of oxazole rings is 1. The number of aromatic nitrogens is 1. The average Bonchev–Trinajstić information content (AvgIpc) is 2.93. The predicted molar refractivity (Wildman–Crippen MR) is 96.3 cm³/mol. The van der Waals surface area contributed by atoms with Crippen molar-refractivity contribution in [2.75, 3.05) is 11.1 Å². The Morgan fingerprint density at radius 3 is 2.62 bits per heavy atom. The lowest BCUT2D eigenvalue weighted by Gasteiger charge is -2.11. The molecule has 3 rings (SSSR count). The highest BCUT2D eigenvalue weighted by Crippen LogP contribution is 2.27. The van der Waals surface area contributed by atoms with Crippen LogP contribution in [-0.4, -0.2) is 10.9 Å². The SMILES string of the molecule is Cc1ccc(N)cc1C(=O)Nc1ccc2oc(C(C)(C)C)nc2c1. The van der Waals surface area contributed by atoms with Gasteiger partial charge in [0.1, 0.15) is 5.52 Å². The zero-order chi connectivity index (χ0) is 17.5. The second-order valence-corrected chi connectivity index (χ2v) is 6.98. The largest absolute Gasteiger partial charge is 0.440 e. The van der Waals surface area contributed by atoms with Gasteiger partial charge in [-0.3, -0.25) is 4.79 Å². The molecule has 3 N–H and O–H groups in total. The van der Waals surface area contributed by atoms with Crippen LogP contribution in [0.2, 0.25) is 0 Å². The third kappa shape index (κ3) is 3.11. The molecule has 0 spiro atoms. The molecular weight excluding hydrogens is 302 g/mol. The fourth-order valence-corrected chi connectivity index (χ4v) is 2.41. The molecule has 0 radical (unpaired) electrons. The molecule has 124 valence electrons. The first-order valence-electron chi connectivity index (χ1n) is 7.82. The molecule has 0 fully saturated rings. The van der Waals surface area contributed by atoms with E-state index in [0.717, 1.165) is 11.1 Å². The number of hydrogen-bond acceptors (Lipinski definition) is 4. The van der Waals surface area contributed by atoms with Gasteiger partial charge in [-0.1, -0.05) is 26.8 Å². The Kier molecular flexibility index (Phi) is 3.79. The molecule has 1 amide bonds. The molecule has 0 aliphatic carbocycles. The Hall–Kier alpha value is -2.82. The van der Waals surface area contributed by atoms with E-state index in [1.165, 1.54) is 0 Å². The third-order valence-electron chi connectivity index (χ3n) is 3.79. The zero-order valence-corrected chi connectivity index (χ0v) is 14.3. The number of nitrogens with zero attached hydrogens (tertiary/aromatic N) is 1. The van der Waals surface area contributed by atoms with Crippen molar-refractivity contribution in [1.29, 1.82) is 0 Å². The van der Waals surface area contributed by atoms with Gasteiger partial charge < -0.3 is 15.5 Å². The normalized spacial score (nSPS) is 11.7. The van der Waals surface area contributed by atoms with E-state index in [0.29, 0.717) is 28.4 Å². The van der Waals surface area contributed by atoms with Crippen LogP contribution in [0.15, 0.2) is 40.8 Å². The zero-order valence-electron chi connectivity index (χ0n) is 14.3. The van der Waals surface area contributed by atoms with Gasteiger partial charge in [-0.05, 0) is 42.8 Å². The number of nitrogens with two attached hydrogens (primary N) is 1. The van der Waals surface area contributed by atoms with Crippen molar-refractivity contribution >= 4 is 28.4 Å². The number of benzene rings is 2. The molecule has 1 aromatic heterocycles. The number of anilines is 2. The van der Waals surface area contributed by atoms with Crippen LogP contribution in [0.5, 0.6) is 0 Å². The summed E-state index contributed by atoms with van der Waals surface area (Å²) in [6.45, 7) is 8.01. The van der Waals surface area contributed by atoms with Gasteiger partial charge in [0.15, 0.2) is 5.58 Å². The Labute approximate surface area is 140 Å². The smallest absolute Gasteiger partial charge is 0.256 e. The van der Waals surface area contributed by atoms with E-state index in [1.807, 2.05) is 45.9 Å². The van der Waals surface area contributed by atoms with Gasteiger partial charge in [0.2, 0.25) is 5.89 Å². The van der Waals surface area contributed by atoms with E-state index in [4.69, 9.17) is 10.2 Å². The summed E-state index contributed by atoms with van der Waals surface area (Å²) in [7, 11) is 0. The van der Waals surface area contributed by atoms with Gasteiger partial charge in [-0.2, -0.15) is 0 Å². The number of carbonyl (C=O) groups excluding carboxylic acids is 1. The van der Waals surface area contributed by atoms with Crippen LogP contribution in [0.4, 0.5) is 11.4 Å². The minimum absolute atomic E-state index is 0.166. The highest BCUT2D eigenvalue weighted by molar-refractivity contribution is 6.06. The molecule has 0 bridgehead atoms. The van der Waals surface area contributed by atoms with Crippen LogP contribution in [0.3, 0.4) is 0 Å². The van der Waals surface area contributed by atoms with E-state index in [-0.39, 0.29) is 11.3 Å². The van der Waals surface area contributed by atoms with Crippen molar-refractivity contribution in [3.63, 3.8) is 0 Å². The van der Waals surface area contributed by atoms with Gasteiger partial charge in [0, 0.05) is 22.4 Å². The number of aryl methyl sites for hydroxylation is 1. The summed E-state index contributed by atoms with van der Waals surface area (Å²) in [5, 5.41) is 2.89. The molecule has 0 atom stereocenters. The molecule has 0 saturated heterocycles. The fraction of sp³-hybridized carbons (Fsp3) is 0.263. The predicted octanol–water partition coefficient (Wildman–Crippen LogP) is 4.27. The van der Waals surface area contributed by atoms with Crippen molar-refractivity contribution in [2.45, 2.75) is 33.1 Å². The minimum atomic E-state index is -0.196. The summed E-state index contributed by atoms with van der Waals surface area (Å²) in [4.78, 5) is 17.0. The summed E-state index contributed by atoms with van der Waals surface area (Å²) in [6.07, 6.45) is 0. The van der Waals surface area contributed by atoms with E-state index < -0.39 is 0 Å². The summed E-state index contributed by atoms with van der Waals surface area (Å²) >= 11 is 0. The Bertz CT molecular complexity index is 920. The van der Waals surface area contributed by atoms with Gasteiger partial charge in [-0.15, -0.1) is 0 Å². The monoisotopic (exact) mass is 323 g/mol. The van der Waals surface area contributed by atoms with Gasteiger partial charge in [0.05, 0.1) is 0 Å². The number of hydrogen-bond donors (Lipinski definition) is 2. The average molecular weight is 323 g/mol. The van der Waals surface area contributed by atoms with Crippen LogP contribution < -0.4 is 11.1 Å². The summed E-state index contributed by atoms with van der Waals surface area (Å²) in [6, 6.07) is 10.7. The maximum atomic E-state index is 12.5. The van der Waals surface area contributed by atoms with Crippen molar-refractivity contribution in [3.8, 4) is 0 Å². The van der Waals surface area contributed by atoms with Crippen LogP contribution in [0, 0.1) is 6.92 Å². The number of amides is 1. The second kappa shape index (κ2) is 5.67. The van der Waals surface area contributed by atoms with Crippen molar-refractivity contribution in [3.05, 3.63) is 53.4 Å². The lowest BCUT2D eigenvalue weighted by Crippen LogP contribution is -2.13. The van der Waals surface area contributed by atoms with Crippen LogP contribution in [-0.2, 0) is 5.41 Å². The third-order valence-corrected chi connectivity index (χ3v) is 3.79. The quantitative estimate of drug-likeness (QED) is 0.690. The maximum Gasteiger partial charge on any atom is 0.256 e. The van der Waals surface area contributed by atoms with Gasteiger partial charge in [0.25, 0.3) is 5.91 Å². The lowest BCUT2D eigenvalue weighted by atomic mass is 9.97. The first-order valence-corrected chi connectivity index (χ1v) is 7.82. The molecule has 0 saturated carbocycles. The highest BCUT2D eigenvalue weighted by atomic mass is 16.3. The standard InChI is InChI=1S/C19H21N3O2/c1-11-5-6-12(20)9-14(11)17(23)21-13-7-8-16-15(10-13)22-18(24-16)19(2,3)4/h5-10H,20H2,1-4H3,(H,21,23). The van der Waals surface area contributed by atoms with E-state index in [9.17, 15) is 4.79 Å². The highest BCUT2D eigenvalue weighted by Gasteiger charge is 2.21. The summed E-state index contributed by atoms with van der Waals surface area (Å²) in [5.41, 5.74) is 9.71. The Morgan fingerprint density at radius 1 is 1.17 bits per heavy atom.